The van der Waals surface area contributed by atoms with Crippen LogP contribution in [-0.4, -0.2) is 15.0 Å². The summed E-state index contributed by atoms with van der Waals surface area (Å²) in [5.41, 5.74) is 9.19. The van der Waals surface area contributed by atoms with Gasteiger partial charge in [0.15, 0.2) is 0 Å². The third-order valence-corrected chi connectivity index (χ3v) is 3.69. The fraction of sp³-hybridized carbons (Fsp3) is 0.438. The molecule has 2 N–H and O–H groups in total. The first-order valence-electron chi connectivity index (χ1n) is 7.28. The minimum Gasteiger partial charge on any atom is -0.383 e. The highest BCUT2D eigenvalue weighted by atomic mass is 14.9. The topological polar surface area (TPSA) is 64.7 Å². The second-order valence-corrected chi connectivity index (χ2v) is 5.00. The molecule has 0 bridgehead atoms. The van der Waals surface area contributed by atoms with Gasteiger partial charge in [0.25, 0.3) is 0 Å². The van der Waals surface area contributed by atoms with E-state index in [1.54, 1.807) is 18.7 Å². The van der Waals surface area contributed by atoms with E-state index in [0.717, 1.165) is 17.7 Å². The largest absolute Gasteiger partial charge is 0.383 e. The zero-order chi connectivity index (χ0) is 14.4. The predicted octanol–water partition coefficient (Wildman–Crippen LogP) is 3.80. The number of nitrogen functional groups attached to an aromatic ring is 1. The van der Waals surface area contributed by atoms with E-state index in [4.69, 9.17) is 5.73 Å². The minimum absolute atomic E-state index is 0.505. The van der Waals surface area contributed by atoms with Crippen molar-refractivity contribution in [1.82, 2.24) is 15.0 Å². The van der Waals surface area contributed by atoms with E-state index >= 15 is 0 Å². The molecule has 0 aliphatic rings. The Morgan fingerprint density at radius 1 is 1.15 bits per heavy atom. The number of hydrogen-bond acceptors (Lipinski definition) is 4. The van der Waals surface area contributed by atoms with Crippen molar-refractivity contribution in [2.45, 2.75) is 45.4 Å². The molecule has 0 aliphatic carbocycles. The molecule has 4 nitrogen and oxygen atoms in total. The number of unbranched alkanes of at least 4 members (excludes halogenated alkanes) is 1. The quantitative estimate of drug-likeness (QED) is 0.867. The number of rotatable bonds is 6. The minimum atomic E-state index is 0.505. The van der Waals surface area contributed by atoms with Crippen molar-refractivity contribution in [3.8, 4) is 11.3 Å². The SMILES string of the molecule is CCCCC(CC)c1ccnc(N)c1-c1ccncn1. The van der Waals surface area contributed by atoms with Crippen LogP contribution in [0.5, 0.6) is 0 Å². The average Bonchev–Trinajstić information content (AvgIpc) is 2.49. The van der Waals surface area contributed by atoms with Gasteiger partial charge in [0.2, 0.25) is 0 Å². The summed E-state index contributed by atoms with van der Waals surface area (Å²) in [6.45, 7) is 4.44. The Morgan fingerprint density at radius 2 is 2.00 bits per heavy atom. The second-order valence-electron chi connectivity index (χ2n) is 5.00. The Kier molecular flexibility index (Phi) is 5.04. The summed E-state index contributed by atoms with van der Waals surface area (Å²) in [5.74, 6) is 1.06. The lowest BCUT2D eigenvalue weighted by atomic mass is 9.87. The summed E-state index contributed by atoms with van der Waals surface area (Å²) in [5, 5.41) is 0. The van der Waals surface area contributed by atoms with E-state index in [1.165, 1.54) is 24.8 Å². The van der Waals surface area contributed by atoms with E-state index in [0.29, 0.717) is 11.7 Å². The molecule has 4 heteroatoms. The third-order valence-electron chi connectivity index (χ3n) is 3.69. The van der Waals surface area contributed by atoms with Gasteiger partial charge in [-0.1, -0.05) is 26.7 Å². The molecule has 106 valence electrons. The van der Waals surface area contributed by atoms with Gasteiger partial charge >= 0.3 is 0 Å². The third kappa shape index (κ3) is 3.13. The van der Waals surface area contributed by atoms with Gasteiger partial charge in [-0.05, 0) is 36.5 Å². The van der Waals surface area contributed by atoms with Gasteiger partial charge in [-0.3, -0.25) is 0 Å². The van der Waals surface area contributed by atoms with Crippen LogP contribution in [0.3, 0.4) is 0 Å². The fourth-order valence-electron chi connectivity index (χ4n) is 2.58. The smallest absolute Gasteiger partial charge is 0.133 e. The van der Waals surface area contributed by atoms with Gasteiger partial charge in [0.05, 0.1) is 5.69 Å². The van der Waals surface area contributed by atoms with Crippen LogP contribution in [0, 0.1) is 0 Å². The fourth-order valence-corrected chi connectivity index (χ4v) is 2.58. The molecule has 0 aliphatic heterocycles. The van der Waals surface area contributed by atoms with Crippen LogP contribution in [0.2, 0.25) is 0 Å². The molecular weight excluding hydrogens is 248 g/mol. The van der Waals surface area contributed by atoms with Gasteiger partial charge in [0, 0.05) is 18.0 Å². The lowest BCUT2D eigenvalue weighted by Crippen LogP contribution is -2.05. The normalized spacial score (nSPS) is 12.3. The highest BCUT2D eigenvalue weighted by molar-refractivity contribution is 5.74. The van der Waals surface area contributed by atoms with Crippen molar-refractivity contribution in [2.75, 3.05) is 5.73 Å². The van der Waals surface area contributed by atoms with Crippen molar-refractivity contribution in [3.05, 3.63) is 36.4 Å². The maximum atomic E-state index is 6.10. The number of nitrogens with zero attached hydrogens (tertiary/aromatic N) is 3. The van der Waals surface area contributed by atoms with Crippen molar-refractivity contribution >= 4 is 5.82 Å². The van der Waals surface area contributed by atoms with Gasteiger partial charge in [-0.15, -0.1) is 0 Å². The van der Waals surface area contributed by atoms with Crippen molar-refractivity contribution in [2.24, 2.45) is 0 Å². The van der Waals surface area contributed by atoms with Crippen LogP contribution in [0.25, 0.3) is 11.3 Å². The van der Waals surface area contributed by atoms with Crippen molar-refractivity contribution in [1.29, 1.82) is 0 Å². The van der Waals surface area contributed by atoms with Crippen LogP contribution in [0.1, 0.15) is 51.0 Å². The first-order chi connectivity index (χ1) is 9.77. The average molecular weight is 270 g/mol. The molecule has 1 unspecified atom stereocenters. The number of aromatic nitrogens is 3. The van der Waals surface area contributed by atoms with Gasteiger partial charge in [-0.2, -0.15) is 0 Å². The van der Waals surface area contributed by atoms with Gasteiger partial charge in [0.1, 0.15) is 12.1 Å². The molecule has 2 aromatic heterocycles. The molecule has 0 fully saturated rings. The maximum Gasteiger partial charge on any atom is 0.133 e. The number of nitrogens with two attached hydrogens (primary N) is 1. The molecule has 0 amide bonds. The van der Waals surface area contributed by atoms with Crippen molar-refractivity contribution < 1.29 is 0 Å². The molecule has 0 aromatic carbocycles. The van der Waals surface area contributed by atoms with Crippen LogP contribution < -0.4 is 5.73 Å². The summed E-state index contributed by atoms with van der Waals surface area (Å²) in [7, 11) is 0. The van der Waals surface area contributed by atoms with Crippen LogP contribution >= 0.6 is 0 Å². The molecule has 0 saturated carbocycles. The highest BCUT2D eigenvalue weighted by Crippen LogP contribution is 2.35. The molecule has 0 radical (unpaired) electrons. The first-order valence-corrected chi connectivity index (χ1v) is 7.28. The Labute approximate surface area is 120 Å². The van der Waals surface area contributed by atoms with E-state index in [2.05, 4.69) is 34.9 Å². The van der Waals surface area contributed by atoms with Crippen LogP contribution in [-0.2, 0) is 0 Å². The summed E-state index contributed by atoms with van der Waals surface area (Å²) < 4.78 is 0. The Morgan fingerprint density at radius 3 is 2.65 bits per heavy atom. The van der Waals surface area contributed by atoms with E-state index in [1.807, 2.05) is 6.07 Å². The molecule has 0 spiro atoms. The first kappa shape index (κ1) is 14.4. The lowest BCUT2D eigenvalue weighted by molar-refractivity contribution is 0.570. The summed E-state index contributed by atoms with van der Waals surface area (Å²) in [6, 6.07) is 3.97. The highest BCUT2D eigenvalue weighted by Gasteiger charge is 2.18. The Bertz CT molecular complexity index is 539. The summed E-state index contributed by atoms with van der Waals surface area (Å²) >= 11 is 0. The van der Waals surface area contributed by atoms with Crippen LogP contribution in [0.4, 0.5) is 5.82 Å². The Balaban J connectivity index is 2.45. The zero-order valence-corrected chi connectivity index (χ0v) is 12.2. The van der Waals surface area contributed by atoms with Gasteiger partial charge in [-0.25, -0.2) is 15.0 Å². The molecule has 20 heavy (non-hydrogen) atoms. The number of pyridine rings is 1. The number of anilines is 1. The predicted molar refractivity (Wildman–Crippen MR) is 82.2 cm³/mol. The van der Waals surface area contributed by atoms with Crippen molar-refractivity contribution in [3.63, 3.8) is 0 Å². The molecule has 2 rings (SSSR count). The van der Waals surface area contributed by atoms with E-state index in [9.17, 15) is 0 Å². The summed E-state index contributed by atoms with van der Waals surface area (Å²) in [6.07, 6.45) is 9.80. The Hall–Kier alpha value is -1.97. The van der Waals surface area contributed by atoms with Crippen LogP contribution in [0.15, 0.2) is 30.9 Å². The molecule has 2 heterocycles. The van der Waals surface area contributed by atoms with E-state index in [-0.39, 0.29) is 0 Å². The number of hydrogen-bond donors (Lipinski definition) is 1. The monoisotopic (exact) mass is 270 g/mol. The van der Waals surface area contributed by atoms with Gasteiger partial charge < -0.3 is 5.73 Å². The van der Waals surface area contributed by atoms with E-state index < -0.39 is 0 Å². The zero-order valence-electron chi connectivity index (χ0n) is 12.2. The standard InChI is InChI=1S/C16H22N4/c1-3-5-6-12(4-2)13-7-10-19-16(17)15(13)14-8-9-18-11-20-14/h7-12H,3-6H2,1-2H3,(H2,17,19). The molecular formula is C16H22N4. The summed E-state index contributed by atoms with van der Waals surface area (Å²) in [4.78, 5) is 12.5. The molecule has 2 aromatic rings. The lowest BCUT2D eigenvalue weighted by Gasteiger charge is -2.19. The molecule has 1 atom stereocenters. The maximum absolute atomic E-state index is 6.10. The molecule has 0 saturated heterocycles. The second kappa shape index (κ2) is 6.98.